The first-order chi connectivity index (χ1) is 9.11. The minimum atomic E-state index is -0.438. The van der Waals surface area contributed by atoms with Crippen molar-refractivity contribution in [3.63, 3.8) is 0 Å². The van der Waals surface area contributed by atoms with E-state index in [0.29, 0.717) is 28.2 Å². The van der Waals surface area contributed by atoms with Crippen LogP contribution in [0.4, 0.5) is 11.4 Å². The minimum Gasteiger partial charge on any atom is -0.397 e. The van der Waals surface area contributed by atoms with Crippen LogP contribution in [-0.2, 0) is 0 Å². The molecule has 0 heterocycles. The Bertz CT molecular complexity index is 464. The lowest BCUT2D eigenvalue weighted by Crippen LogP contribution is -2.30. The van der Waals surface area contributed by atoms with Gasteiger partial charge in [-0.15, -0.1) is 0 Å². The number of nitrogens with two attached hydrogens (primary N) is 2. The first-order valence-electron chi connectivity index (χ1n) is 6.59. The van der Waals surface area contributed by atoms with E-state index in [1.54, 1.807) is 18.2 Å². The first kappa shape index (κ1) is 14.1. The number of nitrogen functional groups attached to an aromatic ring is 1. The van der Waals surface area contributed by atoms with Gasteiger partial charge in [-0.2, -0.15) is 11.8 Å². The molecule has 2 atom stereocenters. The van der Waals surface area contributed by atoms with Gasteiger partial charge in [-0.1, -0.05) is 12.5 Å². The number of hydrogen-bond acceptors (Lipinski definition) is 4. The third kappa shape index (κ3) is 3.35. The monoisotopic (exact) mass is 279 g/mol. The molecule has 0 radical (unpaired) electrons. The highest BCUT2D eigenvalue weighted by atomic mass is 32.2. The summed E-state index contributed by atoms with van der Waals surface area (Å²) < 4.78 is 0. The Hall–Kier alpha value is -1.36. The Morgan fingerprint density at radius 2 is 2.21 bits per heavy atom. The van der Waals surface area contributed by atoms with Crippen LogP contribution in [0.15, 0.2) is 18.2 Å². The van der Waals surface area contributed by atoms with Crippen LogP contribution in [0.1, 0.15) is 36.0 Å². The highest BCUT2D eigenvalue weighted by Crippen LogP contribution is 2.31. The number of thioether (sulfide) groups is 1. The molecule has 0 aromatic heterocycles. The summed E-state index contributed by atoms with van der Waals surface area (Å²) in [6, 6.07) is 5.64. The largest absolute Gasteiger partial charge is 0.397 e. The van der Waals surface area contributed by atoms with Crippen molar-refractivity contribution in [2.24, 2.45) is 5.73 Å². The molecular weight excluding hydrogens is 258 g/mol. The molecule has 1 aliphatic carbocycles. The van der Waals surface area contributed by atoms with Gasteiger partial charge in [0.1, 0.15) is 0 Å². The van der Waals surface area contributed by atoms with Gasteiger partial charge in [0.25, 0.3) is 5.91 Å². The lowest BCUT2D eigenvalue weighted by Gasteiger charge is -2.30. The van der Waals surface area contributed by atoms with Crippen LogP contribution in [0.5, 0.6) is 0 Å². The van der Waals surface area contributed by atoms with Crippen LogP contribution < -0.4 is 16.8 Å². The average molecular weight is 279 g/mol. The van der Waals surface area contributed by atoms with Crippen molar-refractivity contribution in [2.45, 2.75) is 37.0 Å². The maximum atomic E-state index is 11.5. The second-order valence-corrected chi connectivity index (χ2v) is 6.14. The smallest absolute Gasteiger partial charge is 0.250 e. The molecule has 0 saturated heterocycles. The molecule has 0 aliphatic heterocycles. The number of carbonyl (C=O) groups is 1. The average Bonchev–Trinajstić information content (AvgIpc) is 2.41. The van der Waals surface area contributed by atoms with E-state index in [2.05, 4.69) is 11.6 Å². The van der Waals surface area contributed by atoms with Crippen LogP contribution >= 0.6 is 11.8 Å². The van der Waals surface area contributed by atoms with Gasteiger partial charge in [0.2, 0.25) is 0 Å². The minimum absolute atomic E-state index is 0.369. The summed E-state index contributed by atoms with van der Waals surface area (Å²) >= 11 is 1.91. The molecular formula is C14H21N3OS. The van der Waals surface area contributed by atoms with Crippen LogP contribution in [0, 0.1) is 0 Å². The molecule has 19 heavy (non-hydrogen) atoms. The lowest BCUT2D eigenvalue weighted by atomic mass is 9.94. The molecule has 104 valence electrons. The van der Waals surface area contributed by atoms with Crippen molar-refractivity contribution in [3.05, 3.63) is 23.8 Å². The van der Waals surface area contributed by atoms with Gasteiger partial charge < -0.3 is 16.8 Å². The SMILES string of the molecule is CSC1CCCC(Nc2c(N)cccc2C(N)=O)C1. The highest BCUT2D eigenvalue weighted by Gasteiger charge is 2.23. The highest BCUT2D eigenvalue weighted by molar-refractivity contribution is 7.99. The number of nitrogens with one attached hydrogen (secondary N) is 1. The van der Waals surface area contributed by atoms with Gasteiger partial charge in [0.05, 0.1) is 16.9 Å². The molecule has 5 heteroatoms. The van der Waals surface area contributed by atoms with Crippen molar-refractivity contribution >= 4 is 29.0 Å². The normalized spacial score (nSPS) is 23.0. The molecule has 1 aromatic carbocycles. The predicted molar refractivity (Wildman–Crippen MR) is 82.6 cm³/mol. The molecule has 1 saturated carbocycles. The fraction of sp³-hybridized carbons (Fsp3) is 0.500. The predicted octanol–water partition coefficient (Wildman–Crippen LogP) is 2.45. The van der Waals surface area contributed by atoms with Gasteiger partial charge in [-0.05, 0) is 37.7 Å². The number of anilines is 2. The summed E-state index contributed by atoms with van der Waals surface area (Å²) in [6.45, 7) is 0. The Morgan fingerprint density at radius 1 is 1.42 bits per heavy atom. The van der Waals surface area contributed by atoms with E-state index in [1.807, 2.05) is 11.8 Å². The van der Waals surface area contributed by atoms with E-state index in [-0.39, 0.29) is 0 Å². The van der Waals surface area contributed by atoms with Crippen LogP contribution in [0.25, 0.3) is 0 Å². The van der Waals surface area contributed by atoms with Gasteiger partial charge in [0, 0.05) is 11.3 Å². The van der Waals surface area contributed by atoms with Crippen molar-refractivity contribution in [2.75, 3.05) is 17.3 Å². The number of benzene rings is 1. The maximum Gasteiger partial charge on any atom is 0.250 e. The number of carbonyl (C=O) groups excluding carboxylic acids is 1. The Kier molecular flexibility index (Phi) is 4.58. The molecule has 0 spiro atoms. The molecule has 2 rings (SSSR count). The van der Waals surface area contributed by atoms with Gasteiger partial charge >= 0.3 is 0 Å². The Labute approximate surface area is 118 Å². The first-order valence-corrected chi connectivity index (χ1v) is 7.88. The summed E-state index contributed by atoms with van der Waals surface area (Å²) in [5.41, 5.74) is 13.1. The fourth-order valence-corrected chi connectivity index (χ4v) is 3.46. The number of primary amides is 1. The van der Waals surface area contributed by atoms with Gasteiger partial charge in [-0.25, -0.2) is 0 Å². The maximum absolute atomic E-state index is 11.5. The molecule has 5 N–H and O–H groups in total. The molecule has 1 amide bonds. The topological polar surface area (TPSA) is 81.1 Å². The summed E-state index contributed by atoms with van der Waals surface area (Å²) in [5.74, 6) is -0.438. The van der Waals surface area contributed by atoms with Crippen LogP contribution in [0.3, 0.4) is 0 Å². The van der Waals surface area contributed by atoms with Gasteiger partial charge in [-0.3, -0.25) is 4.79 Å². The molecule has 0 bridgehead atoms. The van der Waals surface area contributed by atoms with Gasteiger partial charge in [0.15, 0.2) is 0 Å². The van der Waals surface area contributed by atoms with E-state index < -0.39 is 5.91 Å². The third-order valence-electron chi connectivity index (χ3n) is 3.67. The summed E-state index contributed by atoms with van der Waals surface area (Å²) in [4.78, 5) is 11.5. The Morgan fingerprint density at radius 3 is 2.89 bits per heavy atom. The molecule has 4 nitrogen and oxygen atoms in total. The zero-order chi connectivity index (χ0) is 13.8. The van der Waals surface area contributed by atoms with E-state index >= 15 is 0 Å². The summed E-state index contributed by atoms with van der Waals surface area (Å²) in [5, 5.41) is 4.11. The van der Waals surface area contributed by atoms with E-state index in [4.69, 9.17) is 11.5 Å². The standard InChI is InChI=1S/C14H21N3OS/c1-19-10-5-2-4-9(8-10)17-13-11(14(16)18)6-3-7-12(13)15/h3,6-7,9-10,17H,2,4-5,8,15H2,1H3,(H2,16,18). The number of amides is 1. The van der Waals surface area contributed by atoms with Crippen molar-refractivity contribution in [1.29, 1.82) is 0 Å². The van der Waals surface area contributed by atoms with Crippen LogP contribution in [-0.4, -0.2) is 23.5 Å². The zero-order valence-electron chi connectivity index (χ0n) is 11.2. The number of hydrogen-bond donors (Lipinski definition) is 3. The summed E-state index contributed by atoms with van der Waals surface area (Å²) in [6.07, 6.45) is 6.85. The van der Waals surface area contributed by atoms with Crippen molar-refractivity contribution in [1.82, 2.24) is 0 Å². The second kappa shape index (κ2) is 6.19. The van der Waals surface area contributed by atoms with Crippen molar-refractivity contribution in [3.8, 4) is 0 Å². The fourth-order valence-electron chi connectivity index (χ4n) is 2.63. The van der Waals surface area contributed by atoms with Crippen LogP contribution in [0.2, 0.25) is 0 Å². The molecule has 1 aliphatic rings. The molecule has 1 aromatic rings. The third-order valence-corrected chi connectivity index (χ3v) is 4.76. The molecule has 2 unspecified atom stereocenters. The van der Waals surface area contributed by atoms with E-state index in [0.717, 1.165) is 12.8 Å². The van der Waals surface area contributed by atoms with E-state index in [1.165, 1.54) is 12.8 Å². The van der Waals surface area contributed by atoms with Crippen molar-refractivity contribution < 1.29 is 4.79 Å². The lowest BCUT2D eigenvalue weighted by molar-refractivity contribution is 0.100. The quantitative estimate of drug-likeness (QED) is 0.739. The second-order valence-electron chi connectivity index (χ2n) is 5.00. The van der Waals surface area contributed by atoms with E-state index in [9.17, 15) is 4.79 Å². The zero-order valence-corrected chi connectivity index (χ0v) is 12.0. The Balaban J connectivity index is 2.16. The number of rotatable bonds is 4. The molecule has 1 fully saturated rings. The number of para-hydroxylation sites is 1. The summed E-state index contributed by atoms with van der Waals surface area (Å²) in [7, 11) is 0.